The second kappa shape index (κ2) is 13.1. The number of ether oxygens (including phenoxy) is 3. The Morgan fingerprint density at radius 3 is 2.44 bits per heavy atom. The Balaban J connectivity index is 1.38. The zero-order valence-electron chi connectivity index (χ0n) is 22.2. The van der Waals surface area contributed by atoms with Crippen LogP contribution in [0, 0.1) is 6.92 Å². The van der Waals surface area contributed by atoms with Crippen molar-refractivity contribution in [2.45, 2.75) is 19.9 Å². The van der Waals surface area contributed by atoms with Crippen LogP contribution in [0.2, 0.25) is 0 Å². The Morgan fingerprint density at radius 1 is 0.949 bits per heavy atom. The Labute approximate surface area is 227 Å². The molecule has 0 radical (unpaired) electrons. The van der Waals surface area contributed by atoms with Crippen molar-refractivity contribution in [1.82, 2.24) is 9.88 Å². The molecule has 0 saturated heterocycles. The van der Waals surface area contributed by atoms with E-state index in [1.165, 1.54) is 12.0 Å². The van der Waals surface area contributed by atoms with E-state index in [9.17, 15) is 9.59 Å². The predicted octanol–water partition coefficient (Wildman–Crippen LogP) is 5.49. The maximum Gasteiger partial charge on any atom is 0.325 e. The van der Waals surface area contributed by atoms with E-state index in [1.807, 2.05) is 61.5 Å². The van der Waals surface area contributed by atoms with Gasteiger partial charge in [-0.05, 0) is 61.0 Å². The van der Waals surface area contributed by atoms with E-state index in [4.69, 9.17) is 18.6 Å². The number of anilines is 1. The van der Waals surface area contributed by atoms with Gasteiger partial charge in [0.15, 0.2) is 0 Å². The van der Waals surface area contributed by atoms with Crippen molar-refractivity contribution in [1.29, 1.82) is 0 Å². The number of hydrogen-bond acceptors (Lipinski definition) is 7. The van der Waals surface area contributed by atoms with Crippen molar-refractivity contribution < 1.29 is 28.2 Å². The highest BCUT2D eigenvalue weighted by molar-refractivity contribution is 5.91. The summed E-state index contributed by atoms with van der Waals surface area (Å²) in [6.07, 6.45) is 0.575. The molecule has 202 valence electrons. The zero-order valence-corrected chi connectivity index (χ0v) is 22.2. The Kier molecular flexibility index (Phi) is 9.18. The highest BCUT2D eigenvalue weighted by Gasteiger charge is 2.19. The molecule has 0 bridgehead atoms. The largest absolute Gasteiger partial charge is 0.497 e. The number of hydrogen-bond donors (Lipinski definition) is 1. The SMILES string of the molecule is COC(=O)CN(Cc1cccc(OCCc2nc(-c3ccccc3)oc2C)c1)C(=O)Nc1ccc(OC)cc1. The first kappa shape index (κ1) is 27.3. The number of aromatic nitrogens is 1. The second-order valence-corrected chi connectivity index (χ2v) is 8.72. The van der Waals surface area contributed by atoms with Gasteiger partial charge in [0.05, 0.1) is 26.5 Å². The minimum Gasteiger partial charge on any atom is -0.497 e. The number of rotatable bonds is 11. The van der Waals surface area contributed by atoms with Gasteiger partial charge in [-0.15, -0.1) is 0 Å². The van der Waals surface area contributed by atoms with Crippen LogP contribution in [0.25, 0.3) is 11.5 Å². The average molecular weight is 530 g/mol. The fourth-order valence-electron chi connectivity index (χ4n) is 3.88. The molecule has 4 aromatic rings. The number of nitrogens with one attached hydrogen (secondary N) is 1. The summed E-state index contributed by atoms with van der Waals surface area (Å²) in [6.45, 7) is 2.26. The molecule has 9 heteroatoms. The van der Waals surface area contributed by atoms with Crippen molar-refractivity contribution in [3.05, 3.63) is 95.9 Å². The van der Waals surface area contributed by atoms with Gasteiger partial charge in [0.25, 0.3) is 0 Å². The number of amides is 2. The van der Waals surface area contributed by atoms with Gasteiger partial charge in [-0.2, -0.15) is 0 Å². The van der Waals surface area contributed by atoms with E-state index in [0.717, 1.165) is 22.6 Å². The smallest absolute Gasteiger partial charge is 0.325 e. The Hall–Kier alpha value is -4.79. The molecule has 9 nitrogen and oxygen atoms in total. The second-order valence-electron chi connectivity index (χ2n) is 8.72. The number of benzene rings is 3. The molecule has 4 rings (SSSR count). The highest BCUT2D eigenvalue weighted by Crippen LogP contribution is 2.22. The lowest BCUT2D eigenvalue weighted by Crippen LogP contribution is -2.38. The van der Waals surface area contributed by atoms with Crippen molar-refractivity contribution in [3.8, 4) is 23.0 Å². The van der Waals surface area contributed by atoms with Crippen molar-refractivity contribution in [2.75, 3.05) is 32.7 Å². The number of aryl methyl sites for hydroxylation is 1. The number of carbonyl (C=O) groups excluding carboxylic acids is 2. The molecule has 0 aliphatic heterocycles. The third kappa shape index (κ3) is 7.61. The summed E-state index contributed by atoms with van der Waals surface area (Å²) in [5.74, 6) is 2.14. The fourth-order valence-corrected chi connectivity index (χ4v) is 3.88. The van der Waals surface area contributed by atoms with Crippen LogP contribution in [0.1, 0.15) is 17.0 Å². The molecule has 0 fully saturated rings. The summed E-state index contributed by atoms with van der Waals surface area (Å²) < 4.78 is 21.8. The predicted molar refractivity (Wildman–Crippen MR) is 147 cm³/mol. The topological polar surface area (TPSA) is 103 Å². The zero-order chi connectivity index (χ0) is 27.6. The monoisotopic (exact) mass is 529 g/mol. The standard InChI is InChI=1S/C30H31N3O6/c1-21-27(32-29(39-21)23-9-5-4-6-10-23)16-17-38-26-11-7-8-22(18-26)19-33(20-28(34)37-3)30(35)31-24-12-14-25(36-2)15-13-24/h4-15,18H,16-17,19-20H2,1-3H3,(H,31,35). The van der Waals surface area contributed by atoms with Crippen LogP contribution in [0.4, 0.5) is 10.5 Å². The van der Waals surface area contributed by atoms with E-state index in [2.05, 4.69) is 10.3 Å². The first-order valence-electron chi connectivity index (χ1n) is 12.5. The first-order valence-corrected chi connectivity index (χ1v) is 12.5. The lowest BCUT2D eigenvalue weighted by molar-refractivity contribution is -0.141. The van der Waals surface area contributed by atoms with Crippen LogP contribution in [-0.2, 0) is 22.5 Å². The molecule has 0 unspecified atom stereocenters. The fraction of sp³-hybridized carbons (Fsp3) is 0.233. The van der Waals surface area contributed by atoms with Crippen LogP contribution in [0.15, 0.2) is 83.3 Å². The van der Waals surface area contributed by atoms with Gasteiger partial charge in [-0.1, -0.05) is 30.3 Å². The van der Waals surface area contributed by atoms with E-state index in [1.54, 1.807) is 31.4 Å². The molecule has 1 heterocycles. The van der Waals surface area contributed by atoms with Gasteiger partial charge in [0.1, 0.15) is 23.8 Å². The molecule has 39 heavy (non-hydrogen) atoms. The van der Waals surface area contributed by atoms with Crippen molar-refractivity contribution >= 4 is 17.7 Å². The quantitative estimate of drug-likeness (QED) is 0.256. The van der Waals surface area contributed by atoms with Gasteiger partial charge in [0.2, 0.25) is 5.89 Å². The summed E-state index contributed by atoms with van der Waals surface area (Å²) in [6, 6.07) is 23.6. The van der Waals surface area contributed by atoms with Crippen LogP contribution < -0.4 is 14.8 Å². The number of carbonyl (C=O) groups is 2. The summed E-state index contributed by atoms with van der Waals surface area (Å²) in [5, 5.41) is 2.81. The third-order valence-corrected chi connectivity index (χ3v) is 5.97. The van der Waals surface area contributed by atoms with E-state index in [0.29, 0.717) is 36.1 Å². The van der Waals surface area contributed by atoms with Crippen LogP contribution in [-0.4, -0.2) is 49.3 Å². The summed E-state index contributed by atoms with van der Waals surface area (Å²) in [7, 11) is 2.86. The Morgan fingerprint density at radius 2 is 1.72 bits per heavy atom. The molecule has 3 aromatic carbocycles. The molecule has 0 atom stereocenters. The highest BCUT2D eigenvalue weighted by atomic mass is 16.5. The molecule has 1 N–H and O–H groups in total. The molecular formula is C30H31N3O6. The molecule has 1 aromatic heterocycles. The molecule has 0 saturated carbocycles. The van der Waals surface area contributed by atoms with Gasteiger partial charge >= 0.3 is 12.0 Å². The lowest BCUT2D eigenvalue weighted by atomic mass is 10.2. The first-order chi connectivity index (χ1) is 18.9. The third-order valence-electron chi connectivity index (χ3n) is 5.97. The van der Waals surface area contributed by atoms with E-state index in [-0.39, 0.29) is 13.1 Å². The molecule has 0 aliphatic carbocycles. The molecule has 2 amide bonds. The van der Waals surface area contributed by atoms with Crippen LogP contribution >= 0.6 is 0 Å². The van der Waals surface area contributed by atoms with Crippen LogP contribution in [0.5, 0.6) is 11.5 Å². The number of nitrogens with zero attached hydrogens (tertiary/aromatic N) is 2. The summed E-state index contributed by atoms with van der Waals surface area (Å²) >= 11 is 0. The number of methoxy groups -OCH3 is 2. The average Bonchev–Trinajstić information content (AvgIpc) is 3.33. The number of urea groups is 1. The minimum atomic E-state index is -0.523. The normalized spacial score (nSPS) is 10.5. The van der Waals surface area contributed by atoms with E-state index < -0.39 is 12.0 Å². The summed E-state index contributed by atoms with van der Waals surface area (Å²) in [4.78, 5) is 31.0. The maximum absolute atomic E-state index is 13.0. The molecule has 0 aliphatic rings. The minimum absolute atomic E-state index is 0.178. The van der Waals surface area contributed by atoms with Crippen LogP contribution in [0.3, 0.4) is 0 Å². The Bertz CT molecular complexity index is 1390. The van der Waals surface area contributed by atoms with E-state index >= 15 is 0 Å². The van der Waals surface area contributed by atoms with Gasteiger partial charge < -0.3 is 28.8 Å². The van der Waals surface area contributed by atoms with Gasteiger partial charge in [-0.3, -0.25) is 4.79 Å². The molecular weight excluding hydrogens is 498 g/mol. The van der Waals surface area contributed by atoms with Crippen molar-refractivity contribution in [3.63, 3.8) is 0 Å². The van der Waals surface area contributed by atoms with Gasteiger partial charge in [0, 0.05) is 24.2 Å². The maximum atomic E-state index is 13.0. The number of oxazole rings is 1. The van der Waals surface area contributed by atoms with Crippen molar-refractivity contribution in [2.24, 2.45) is 0 Å². The van der Waals surface area contributed by atoms with Gasteiger partial charge in [-0.25, -0.2) is 9.78 Å². The number of esters is 1. The summed E-state index contributed by atoms with van der Waals surface area (Å²) in [5.41, 5.74) is 3.13. The molecule has 0 spiro atoms. The lowest BCUT2D eigenvalue weighted by Gasteiger charge is -2.22.